The van der Waals surface area contributed by atoms with E-state index in [2.05, 4.69) is 20.9 Å². The van der Waals surface area contributed by atoms with Crippen molar-refractivity contribution < 1.29 is 9.59 Å². The number of fused-ring (bicyclic) bond motifs is 1. The Bertz CT molecular complexity index is 309. The van der Waals surface area contributed by atoms with Crippen LogP contribution in [0.25, 0.3) is 0 Å². The summed E-state index contributed by atoms with van der Waals surface area (Å²) in [7, 11) is 0. The summed E-state index contributed by atoms with van der Waals surface area (Å²) in [6.07, 6.45) is 0. The molecule has 0 aromatic rings. The fourth-order valence-electron chi connectivity index (χ4n) is 2.78. The van der Waals surface area contributed by atoms with Crippen molar-refractivity contribution in [2.75, 3.05) is 45.8 Å². The van der Waals surface area contributed by atoms with Crippen molar-refractivity contribution in [2.45, 2.75) is 6.92 Å². The molecule has 0 radical (unpaired) electrons. The molecular formula is C12H22N4O2. The Morgan fingerprint density at radius 1 is 1.17 bits per heavy atom. The lowest BCUT2D eigenvalue weighted by atomic mass is 10.0. The average Bonchev–Trinajstić information content (AvgIpc) is 2.84. The van der Waals surface area contributed by atoms with E-state index in [4.69, 9.17) is 0 Å². The standard InChI is InChI=1S/C12H22N4O2/c1-9(17)14-2-3-15-12(18)8-16-6-10-4-13-5-11(10)7-16/h10-11,13H,2-8H2,1H3,(H,14,17)(H,15,18). The van der Waals surface area contributed by atoms with Gasteiger partial charge in [-0.2, -0.15) is 0 Å². The van der Waals surface area contributed by atoms with Gasteiger partial charge in [0, 0.05) is 33.1 Å². The Morgan fingerprint density at radius 3 is 2.39 bits per heavy atom. The number of carbonyl (C=O) groups excluding carboxylic acids is 2. The van der Waals surface area contributed by atoms with Gasteiger partial charge in [0.25, 0.3) is 0 Å². The van der Waals surface area contributed by atoms with E-state index in [9.17, 15) is 9.59 Å². The maximum Gasteiger partial charge on any atom is 0.234 e. The molecule has 6 heteroatoms. The van der Waals surface area contributed by atoms with Gasteiger partial charge in [-0.15, -0.1) is 0 Å². The van der Waals surface area contributed by atoms with Gasteiger partial charge in [0.1, 0.15) is 0 Å². The first kappa shape index (κ1) is 13.3. The minimum atomic E-state index is -0.0656. The highest BCUT2D eigenvalue weighted by Crippen LogP contribution is 2.25. The summed E-state index contributed by atoms with van der Waals surface area (Å²) in [6.45, 7) is 7.17. The zero-order valence-corrected chi connectivity index (χ0v) is 10.9. The second-order valence-electron chi connectivity index (χ2n) is 5.21. The molecule has 2 amide bonds. The van der Waals surface area contributed by atoms with Crippen molar-refractivity contribution in [1.29, 1.82) is 0 Å². The lowest BCUT2D eigenvalue weighted by Crippen LogP contribution is -2.40. The lowest BCUT2D eigenvalue weighted by Gasteiger charge is -2.16. The summed E-state index contributed by atoms with van der Waals surface area (Å²) < 4.78 is 0. The maximum absolute atomic E-state index is 11.7. The second kappa shape index (κ2) is 6.15. The van der Waals surface area contributed by atoms with E-state index in [0.29, 0.717) is 19.6 Å². The van der Waals surface area contributed by atoms with Crippen LogP contribution in [0.5, 0.6) is 0 Å². The number of nitrogens with zero attached hydrogens (tertiary/aromatic N) is 1. The number of likely N-dealkylation sites (tertiary alicyclic amines) is 1. The Kier molecular flexibility index (Phi) is 4.54. The third-order valence-electron chi connectivity index (χ3n) is 3.65. The van der Waals surface area contributed by atoms with Crippen molar-refractivity contribution in [3.05, 3.63) is 0 Å². The molecule has 2 aliphatic rings. The first-order valence-corrected chi connectivity index (χ1v) is 6.59. The van der Waals surface area contributed by atoms with Gasteiger partial charge in [-0.05, 0) is 24.9 Å². The van der Waals surface area contributed by atoms with E-state index in [0.717, 1.165) is 38.0 Å². The van der Waals surface area contributed by atoms with E-state index in [1.807, 2.05) is 0 Å². The van der Waals surface area contributed by atoms with Gasteiger partial charge < -0.3 is 16.0 Å². The number of nitrogens with one attached hydrogen (secondary N) is 3. The van der Waals surface area contributed by atoms with Crippen molar-refractivity contribution in [3.8, 4) is 0 Å². The van der Waals surface area contributed by atoms with Gasteiger partial charge in [0.05, 0.1) is 6.54 Å². The van der Waals surface area contributed by atoms with Gasteiger partial charge in [0.15, 0.2) is 0 Å². The number of carbonyl (C=O) groups is 2. The molecule has 2 rings (SSSR count). The predicted octanol–water partition coefficient (Wildman–Crippen LogP) is -1.61. The van der Waals surface area contributed by atoms with Crippen LogP contribution in [0.3, 0.4) is 0 Å². The molecule has 6 nitrogen and oxygen atoms in total. The summed E-state index contributed by atoms with van der Waals surface area (Å²) in [5.74, 6) is 1.42. The van der Waals surface area contributed by atoms with Crippen LogP contribution in [0.15, 0.2) is 0 Å². The maximum atomic E-state index is 11.7. The van der Waals surface area contributed by atoms with E-state index in [1.165, 1.54) is 6.92 Å². The first-order chi connectivity index (χ1) is 8.65. The predicted molar refractivity (Wildman–Crippen MR) is 68.0 cm³/mol. The third-order valence-corrected chi connectivity index (χ3v) is 3.65. The Morgan fingerprint density at radius 2 is 1.78 bits per heavy atom. The van der Waals surface area contributed by atoms with Crippen molar-refractivity contribution in [1.82, 2.24) is 20.9 Å². The molecule has 2 fully saturated rings. The van der Waals surface area contributed by atoms with Crippen LogP contribution >= 0.6 is 0 Å². The van der Waals surface area contributed by atoms with Crippen molar-refractivity contribution in [3.63, 3.8) is 0 Å². The molecule has 2 unspecified atom stereocenters. The number of hydrogen-bond acceptors (Lipinski definition) is 4. The molecule has 0 spiro atoms. The van der Waals surface area contributed by atoms with Crippen LogP contribution in [-0.2, 0) is 9.59 Å². The smallest absolute Gasteiger partial charge is 0.234 e. The molecule has 0 bridgehead atoms. The van der Waals surface area contributed by atoms with Crippen LogP contribution in [0.4, 0.5) is 0 Å². The molecule has 0 saturated carbocycles. The van der Waals surface area contributed by atoms with E-state index in [-0.39, 0.29) is 11.8 Å². The zero-order chi connectivity index (χ0) is 13.0. The number of hydrogen-bond donors (Lipinski definition) is 3. The largest absolute Gasteiger partial charge is 0.355 e. The van der Waals surface area contributed by atoms with E-state index in [1.54, 1.807) is 0 Å². The molecule has 2 saturated heterocycles. The molecule has 0 aromatic heterocycles. The van der Waals surface area contributed by atoms with E-state index >= 15 is 0 Å². The molecule has 2 heterocycles. The zero-order valence-electron chi connectivity index (χ0n) is 10.9. The fourth-order valence-corrected chi connectivity index (χ4v) is 2.78. The molecule has 2 atom stereocenters. The summed E-state index contributed by atoms with van der Waals surface area (Å²) in [5.41, 5.74) is 0. The summed E-state index contributed by atoms with van der Waals surface area (Å²) in [5, 5.41) is 8.85. The van der Waals surface area contributed by atoms with Crippen molar-refractivity contribution in [2.24, 2.45) is 11.8 Å². The molecule has 0 aliphatic carbocycles. The van der Waals surface area contributed by atoms with Crippen LogP contribution in [0.1, 0.15) is 6.92 Å². The Hall–Kier alpha value is -1.14. The molecule has 102 valence electrons. The summed E-state index contributed by atoms with van der Waals surface area (Å²) in [4.78, 5) is 24.5. The van der Waals surface area contributed by atoms with Gasteiger partial charge in [-0.1, -0.05) is 0 Å². The summed E-state index contributed by atoms with van der Waals surface area (Å²) >= 11 is 0. The minimum absolute atomic E-state index is 0.0493. The van der Waals surface area contributed by atoms with Crippen LogP contribution < -0.4 is 16.0 Å². The normalized spacial score (nSPS) is 26.9. The lowest BCUT2D eigenvalue weighted by molar-refractivity contribution is -0.122. The highest BCUT2D eigenvalue weighted by atomic mass is 16.2. The van der Waals surface area contributed by atoms with Crippen molar-refractivity contribution >= 4 is 11.8 Å². The first-order valence-electron chi connectivity index (χ1n) is 6.59. The van der Waals surface area contributed by atoms with Crippen LogP contribution in [-0.4, -0.2) is 62.5 Å². The summed E-state index contributed by atoms with van der Waals surface area (Å²) in [6, 6.07) is 0. The quantitative estimate of drug-likeness (QED) is 0.516. The molecule has 2 aliphatic heterocycles. The Balaban J connectivity index is 1.59. The molecule has 18 heavy (non-hydrogen) atoms. The minimum Gasteiger partial charge on any atom is -0.355 e. The van der Waals surface area contributed by atoms with Gasteiger partial charge in [-0.3, -0.25) is 14.5 Å². The number of rotatable bonds is 5. The van der Waals surface area contributed by atoms with E-state index < -0.39 is 0 Å². The highest BCUT2D eigenvalue weighted by Gasteiger charge is 2.36. The second-order valence-corrected chi connectivity index (χ2v) is 5.21. The SMILES string of the molecule is CC(=O)NCCNC(=O)CN1CC2CNCC2C1. The van der Waals surface area contributed by atoms with Gasteiger partial charge in [0.2, 0.25) is 11.8 Å². The van der Waals surface area contributed by atoms with Crippen LogP contribution in [0.2, 0.25) is 0 Å². The molecule has 3 N–H and O–H groups in total. The molecular weight excluding hydrogens is 232 g/mol. The fraction of sp³-hybridized carbons (Fsp3) is 0.833. The topological polar surface area (TPSA) is 73.5 Å². The average molecular weight is 254 g/mol. The number of amides is 2. The van der Waals surface area contributed by atoms with Gasteiger partial charge in [-0.25, -0.2) is 0 Å². The van der Waals surface area contributed by atoms with Crippen LogP contribution in [0, 0.1) is 11.8 Å². The Labute approximate surface area is 107 Å². The van der Waals surface area contributed by atoms with Gasteiger partial charge >= 0.3 is 0 Å². The monoisotopic (exact) mass is 254 g/mol. The molecule has 0 aromatic carbocycles. The third kappa shape index (κ3) is 3.68. The highest BCUT2D eigenvalue weighted by molar-refractivity contribution is 5.78.